The molecule has 17 heavy (non-hydrogen) atoms. The molecule has 3 nitrogen and oxygen atoms in total. The molecule has 0 amide bonds. The number of halogens is 4. The molecule has 0 heterocycles. The minimum Gasteiger partial charge on any atom is -0.422 e. The number of ether oxygens (including phenoxy) is 1. The van der Waals surface area contributed by atoms with Crippen molar-refractivity contribution in [2.24, 2.45) is 0 Å². The Morgan fingerprint density at radius 2 is 1.82 bits per heavy atom. The van der Waals surface area contributed by atoms with Crippen LogP contribution in [0.5, 0.6) is 5.75 Å². The second-order valence-electron chi connectivity index (χ2n) is 3.09. The van der Waals surface area contributed by atoms with E-state index in [1.165, 1.54) is 25.1 Å². The van der Waals surface area contributed by atoms with E-state index in [1.54, 1.807) is 0 Å². The predicted octanol–water partition coefficient (Wildman–Crippen LogP) is 3.82. The smallest absolute Gasteiger partial charge is 0.363 e. The van der Waals surface area contributed by atoms with Crippen molar-refractivity contribution in [3.8, 4) is 5.75 Å². The van der Waals surface area contributed by atoms with Crippen molar-refractivity contribution in [2.45, 2.75) is 10.7 Å². The largest absolute Gasteiger partial charge is 0.422 e. The van der Waals surface area contributed by atoms with Gasteiger partial charge >= 0.3 is 5.97 Å². The lowest BCUT2D eigenvalue weighted by Gasteiger charge is -2.11. The van der Waals surface area contributed by atoms with Crippen LogP contribution in [0.4, 0.5) is 0 Å². The summed E-state index contributed by atoms with van der Waals surface area (Å²) in [4.78, 5) is 22.3. The molecule has 0 aliphatic rings. The fourth-order valence-corrected chi connectivity index (χ4v) is 1.30. The molecule has 0 bridgehead atoms. The summed E-state index contributed by atoms with van der Waals surface area (Å²) < 4.78 is 2.59. The highest BCUT2D eigenvalue weighted by molar-refractivity contribution is 6.75. The highest BCUT2D eigenvalue weighted by Crippen LogP contribution is 2.31. The maximum absolute atomic E-state index is 11.3. The average Bonchev–Trinajstić information content (AvgIpc) is 2.19. The summed E-state index contributed by atoms with van der Waals surface area (Å²) in [7, 11) is 0. The number of Topliss-reactive ketones (excluding diaryl/α,β-unsaturated/α-hetero) is 1. The lowest BCUT2D eigenvalue weighted by Crippen LogP contribution is -2.24. The van der Waals surface area contributed by atoms with E-state index in [-0.39, 0.29) is 16.6 Å². The van der Waals surface area contributed by atoms with Crippen LogP contribution < -0.4 is 4.74 Å². The first-order chi connectivity index (χ1) is 7.71. The fraction of sp³-hybridized carbons (Fsp3) is 0.200. The highest BCUT2D eigenvalue weighted by atomic mass is 35.6. The number of esters is 1. The van der Waals surface area contributed by atoms with Gasteiger partial charge in [-0.2, -0.15) is 0 Å². The second-order valence-corrected chi connectivity index (χ2v) is 5.78. The van der Waals surface area contributed by atoms with Gasteiger partial charge in [-0.25, -0.2) is 4.79 Å². The summed E-state index contributed by atoms with van der Waals surface area (Å²) in [6.07, 6.45) is 0. The maximum Gasteiger partial charge on any atom is 0.363 e. The van der Waals surface area contributed by atoms with Gasteiger partial charge in [0.15, 0.2) is 5.78 Å². The molecule has 1 rings (SSSR count). The number of carbonyl (C=O) groups is 2. The van der Waals surface area contributed by atoms with Crippen LogP contribution >= 0.6 is 46.4 Å². The van der Waals surface area contributed by atoms with Crippen LogP contribution in [0.2, 0.25) is 5.02 Å². The number of carbonyl (C=O) groups excluding carboxylic acids is 2. The topological polar surface area (TPSA) is 43.4 Å². The lowest BCUT2D eigenvalue weighted by atomic mass is 10.1. The van der Waals surface area contributed by atoms with Gasteiger partial charge in [0.05, 0.1) is 5.02 Å². The Morgan fingerprint density at radius 3 is 2.24 bits per heavy atom. The van der Waals surface area contributed by atoms with Crippen LogP contribution in [0.25, 0.3) is 0 Å². The van der Waals surface area contributed by atoms with Crippen molar-refractivity contribution in [2.75, 3.05) is 0 Å². The number of alkyl halides is 3. The monoisotopic (exact) mass is 314 g/mol. The van der Waals surface area contributed by atoms with Crippen LogP contribution in [-0.4, -0.2) is 15.5 Å². The van der Waals surface area contributed by atoms with E-state index >= 15 is 0 Å². The quantitative estimate of drug-likeness (QED) is 0.361. The number of ketones is 1. The molecule has 0 aliphatic heterocycles. The van der Waals surface area contributed by atoms with Gasteiger partial charge in [0.25, 0.3) is 3.79 Å². The third kappa shape index (κ3) is 4.03. The summed E-state index contributed by atoms with van der Waals surface area (Å²) >= 11 is 21.8. The lowest BCUT2D eigenvalue weighted by molar-refractivity contribution is -0.133. The SMILES string of the molecule is CC(=O)c1ccc(OC(=O)C(Cl)(Cl)Cl)c(Cl)c1. The molecule has 1 aromatic carbocycles. The van der Waals surface area contributed by atoms with Gasteiger partial charge in [0.1, 0.15) is 5.75 Å². The van der Waals surface area contributed by atoms with E-state index in [0.717, 1.165) is 0 Å². The molecule has 92 valence electrons. The molecule has 0 spiro atoms. The summed E-state index contributed by atoms with van der Waals surface area (Å²) in [6, 6.07) is 4.17. The third-order valence-electron chi connectivity index (χ3n) is 1.77. The van der Waals surface area contributed by atoms with Crippen molar-refractivity contribution in [1.29, 1.82) is 0 Å². The van der Waals surface area contributed by atoms with Gasteiger partial charge in [-0.15, -0.1) is 0 Å². The Hall–Kier alpha value is -0.480. The molecule has 1 aromatic rings. The Labute approximate surface area is 118 Å². The van der Waals surface area contributed by atoms with Crippen LogP contribution in [0.1, 0.15) is 17.3 Å². The van der Waals surface area contributed by atoms with Crippen LogP contribution in [0, 0.1) is 0 Å². The highest BCUT2D eigenvalue weighted by Gasteiger charge is 2.33. The first-order valence-electron chi connectivity index (χ1n) is 4.31. The number of hydrogen-bond acceptors (Lipinski definition) is 3. The summed E-state index contributed by atoms with van der Waals surface area (Å²) in [5.74, 6) is -1.21. The minimum atomic E-state index is -2.18. The van der Waals surface area contributed by atoms with E-state index < -0.39 is 9.76 Å². The van der Waals surface area contributed by atoms with Crippen molar-refractivity contribution in [3.05, 3.63) is 28.8 Å². The maximum atomic E-state index is 11.3. The predicted molar refractivity (Wildman–Crippen MR) is 67.4 cm³/mol. The molecule has 0 aromatic heterocycles. The normalized spacial score (nSPS) is 11.1. The zero-order valence-electron chi connectivity index (χ0n) is 8.47. The first kappa shape index (κ1) is 14.6. The molecule has 0 unspecified atom stereocenters. The van der Waals surface area contributed by atoms with Gasteiger partial charge in [0.2, 0.25) is 0 Å². The minimum absolute atomic E-state index is 0.0213. The number of hydrogen-bond donors (Lipinski definition) is 0. The third-order valence-corrected chi connectivity index (χ3v) is 2.53. The Balaban J connectivity index is 2.95. The van der Waals surface area contributed by atoms with Crippen LogP contribution in [0.3, 0.4) is 0 Å². The molecule has 0 atom stereocenters. The summed E-state index contributed by atoms with van der Waals surface area (Å²) in [5, 5.41) is 0.0836. The molecule has 0 aliphatic carbocycles. The van der Waals surface area contributed by atoms with E-state index in [1.807, 2.05) is 0 Å². The zero-order valence-corrected chi connectivity index (χ0v) is 11.5. The van der Waals surface area contributed by atoms with E-state index in [9.17, 15) is 9.59 Å². The van der Waals surface area contributed by atoms with Gasteiger partial charge in [-0.1, -0.05) is 46.4 Å². The van der Waals surface area contributed by atoms with Crippen LogP contribution in [-0.2, 0) is 4.79 Å². The molecule has 0 fully saturated rings. The van der Waals surface area contributed by atoms with Gasteiger partial charge in [-0.3, -0.25) is 4.79 Å². The first-order valence-corrected chi connectivity index (χ1v) is 5.82. The van der Waals surface area contributed by atoms with Crippen molar-refractivity contribution < 1.29 is 14.3 Å². The van der Waals surface area contributed by atoms with E-state index in [4.69, 9.17) is 51.1 Å². The second kappa shape index (κ2) is 5.44. The molecule has 7 heteroatoms. The zero-order chi connectivity index (χ0) is 13.2. The average molecular weight is 316 g/mol. The van der Waals surface area contributed by atoms with Gasteiger partial charge in [0, 0.05) is 5.56 Å². The van der Waals surface area contributed by atoms with Crippen molar-refractivity contribution >= 4 is 58.2 Å². The Bertz CT molecular complexity index is 465. The van der Waals surface area contributed by atoms with Gasteiger partial charge in [-0.05, 0) is 25.1 Å². The standard InChI is InChI=1S/C10H6Cl4O3/c1-5(15)6-2-3-8(7(11)4-6)17-9(16)10(12,13)14/h2-4H,1H3. The van der Waals surface area contributed by atoms with Crippen molar-refractivity contribution in [1.82, 2.24) is 0 Å². The van der Waals surface area contributed by atoms with Crippen LogP contribution in [0.15, 0.2) is 18.2 Å². The van der Waals surface area contributed by atoms with E-state index in [2.05, 4.69) is 0 Å². The van der Waals surface area contributed by atoms with E-state index in [0.29, 0.717) is 5.56 Å². The van der Waals surface area contributed by atoms with Crippen molar-refractivity contribution in [3.63, 3.8) is 0 Å². The molecule has 0 N–H and O–H groups in total. The molecule has 0 saturated carbocycles. The van der Waals surface area contributed by atoms with Gasteiger partial charge < -0.3 is 4.74 Å². The Kier molecular flexibility index (Phi) is 4.67. The molecular formula is C10H6Cl4O3. The number of rotatable bonds is 2. The summed E-state index contributed by atoms with van der Waals surface area (Å²) in [6.45, 7) is 1.39. The molecule has 0 saturated heterocycles. The fourth-order valence-electron chi connectivity index (χ4n) is 0.960. The molecule has 0 radical (unpaired) electrons. The number of benzene rings is 1. The molecular weight excluding hydrogens is 310 g/mol. The summed E-state index contributed by atoms with van der Waals surface area (Å²) in [5.41, 5.74) is 0.392. The Morgan fingerprint density at radius 1 is 1.24 bits per heavy atom.